The van der Waals surface area contributed by atoms with Crippen molar-refractivity contribution >= 4 is 33.8 Å². The van der Waals surface area contributed by atoms with Gasteiger partial charge in [0.2, 0.25) is 9.84 Å². The molecule has 1 aromatic carbocycles. The van der Waals surface area contributed by atoms with Crippen molar-refractivity contribution in [2.24, 2.45) is 0 Å². The summed E-state index contributed by atoms with van der Waals surface area (Å²) in [5.41, 5.74) is 1.02. The Balaban J connectivity index is 2.57. The zero-order chi connectivity index (χ0) is 12.6. The third-order valence-corrected chi connectivity index (χ3v) is 5.51. The summed E-state index contributed by atoms with van der Waals surface area (Å²) in [4.78, 5) is 4.29. The predicted molar refractivity (Wildman–Crippen MR) is 70.7 cm³/mol. The van der Waals surface area contributed by atoms with Crippen molar-refractivity contribution < 1.29 is 8.42 Å². The Morgan fingerprint density at radius 1 is 1.18 bits per heavy atom. The third-order valence-electron chi connectivity index (χ3n) is 2.27. The van der Waals surface area contributed by atoms with Crippen LogP contribution in [0.4, 0.5) is 0 Å². The van der Waals surface area contributed by atoms with Gasteiger partial charge in [-0.25, -0.2) is 13.4 Å². The molecule has 2 rings (SSSR count). The van der Waals surface area contributed by atoms with Crippen LogP contribution < -0.4 is 0 Å². The van der Waals surface area contributed by atoms with Gasteiger partial charge in [-0.3, -0.25) is 0 Å². The summed E-state index contributed by atoms with van der Waals surface area (Å²) in [6.45, 7) is 3.67. The van der Waals surface area contributed by atoms with E-state index in [2.05, 4.69) is 17.6 Å². The second-order valence-corrected chi connectivity index (χ2v) is 7.48. The molecule has 6 heteroatoms. The van der Waals surface area contributed by atoms with Crippen molar-refractivity contribution in [3.63, 3.8) is 0 Å². The molecule has 0 amide bonds. The minimum atomic E-state index is -3.54. The maximum atomic E-state index is 12.3. The minimum Gasteiger partial charge on any atom is -0.228 e. The summed E-state index contributed by atoms with van der Waals surface area (Å²) in [6.07, 6.45) is 0. The molecule has 0 spiro atoms. The van der Waals surface area contributed by atoms with Gasteiger partial charge >= 0.3 is 0 Å². The van der Waals surface area contributed by atoms with Crippen molar-refractivity contribution in [3.05, 3.63) is 34.8 Å². The summed E-state index contributed by atoms with van der Waals surface area (Å²) in [7, 11) is -3.54. The molecule has 0 unspecified atom stereocenters. The number of aryl methyl sites for hydroxylation is 2. The standard InChI is InChI=1S/C11H11NO2S3/c1-7-3-5-9(6-4-7)17(13,14)10-11(15)16-8(2)12-10/h3-6,15H,1-2H3. The topological polar surface area (TPSA) is 47.0 Å². The molecule has 0 bridgehead atoms. The molecule has 1 aromatic heterocycles. The molecule has 0 aliphatic carbocycles. The lowest BCUT2D eigenvalue weighted by molar-refractivity contribution is 0.591. The summed E-state index contributed by atoms with van der Waals surface area (Å²) in [5.74, 6) is 0. The number of sulfone groups is 1. The van der Waals surface area contributed by atoms with E-state index < -0.39 is 9.84 Å². The second-order valence-electron chi connectivity index (χ2n) is 3.66. The highest BCUT2D eigenvalue weighted by Crippen LogP contribution is 2.30. The molecule has 0 aliphatic heterocycles. The van der Waals surface area contributed by atoms with Crippen molar-refractivity contribution in [2.45, 2.75) is 28.0 Å². The van der Waals surface area contributed by atoms with E-state index in [-0.39, 0.29) is 9.92 Å². The Morgan fingerprint density at radius 3 is 2.24 bits per heavy atom. The van der Waals surface area contributed by atoms with E-state index in [1.807, 2.05) is 6.92 Å². The molecule has 0 saturated carbocycles. The lowest BCUT2D eigenvalue weighted by Gasteiger charge is -2.02. The first-order valence-electron chi connectivity index (χ1n) is 4.89. The first kappa shape index (κ1) is 12.6. The van der Waals surface area contributed by atoms with Gasteiger partial charge in [-0.2, -0.15) is 0 Å². The fourth-order valence-electron chi connectivity index (χ4n) is 1.40. The Hall–Kier alpha value is -0.850. The maximum Gasteiger partial charge on any atom is 0.225 e. The highest BCUT2D eigenvalue weighted by Gasteiger charge is 2.23. The van der Waals surface area contributed by atoms with Gasteiger partial charge in [-0.05, 0) is 26.0 Å². The van der Waals surface area contributed by atoms with E-state index in [1.165, 1.54) is 11.3 Å². The number of rotatable bonds is 2. The van der Waals surface area contributed by atoms with E-state index in [1.54, 1.807) is 31.2 Å². The summed E-state index contributed by atoms with van der Waals surface area (Å²) in [5, 5.41) is 0.743. The summed E-state index contributed by atoms with van der Waals surface area (Å²) in [6, 6.07) is 6.72. The molecule has 90 valence electrons. The van der Waals surface area contributed by atoms with Crippen molar-refractivity contribution in [1.82, 2.24) is 4.98 Å². The molecule has 17 heavy (non-hydrogen) atoms. The van der Waals surface area contributed by atoms with Crippen LogP contribution in [0.25, 0.3) is 0 Å². The molecule has 1 heterocycles. The van der Waals surface area contributed by atoms with E-state index in [4.69, 9.17) is 0 Å². The zero-order valence-electron chi connectivity index (χ0n) is 9.34. The van der Waals surface area contributed by atoms with Crippen LogP contribution in [0, 0.1) is 13.8 Å². The highest BCUT2D eigenvalue weighted by molar-refractivity contribution is 7.92. The van der Waals surface area contributed by atoms with E-state index >= 15 is 0 Å². The lowest BCUT2D eigenvalue weighted by atomic mass is 10.2. The summed E-state index contributed by atoms with van der Waals surface area (Å²) < 4.78 is 25.0. The molecular weight excluding hydrogens is 274 g/mol. The zero-order valence-corrected chi connectivity index (χ0v) is 11.9. The predicted octanol–water partition coefficient (Wildman–Crippen LogP) is 2.88. The Bertz CT molecular complexity index is 642. The van der Waals surface area contributed by atoms with Gasteiger partial charge in [0.05, 0.1) is 14.1 Å². The van der Waals surface area contributed by atoms with Crippen LogP contribution in [0.5, 0.6) is 0 Å². The normalized spacial score (nSPS) is 11.7. The van der Waals surface area contributed by atoms with Crippen LogP contribution in [0.1, 0.15) is 10.6 Å². The number of thiazole rings is 1. The Morgan fingerprint density at radius 2 is 1.76 bits per heavy atom. The quantitative estimate of drug-likeness (QED) is 0.863. The maximum absolute atomic E-state index is 12.3. The van der Waals surface area contributed by atoms with Crippen LogP contribution in [-0.4, -0.2) is 13.4 Å². The van der Waals surface area contributed by atoms with Crippen LogP contribution in [0.2, 0.25) is 0 Å². The Kier molecular flexibility index (Phi) is 3.29. The molecule has 0 saturated heterocycles. The number of nitrogens with zero attached hydrogens (tertiary/aromatic N) is 1. The van der Waals surface area contributed by atoms with Crippen LogP contribution >= 0.6 is 24.0 Å². The summed E-state index contributed by atoms with van der Waals surface area (Å²) >= 11 is 5.43. The molecular formula is C11H11NO2S3. The first-order valence-corrected chi connectivity index (χ1v) is 7.64. The molecule has 3 nitrogen and oxygen atoms in total. The molecule has 0 radical (unpaired) electrons. The van der Waals surface area contributed by atoms with Gasteiger partial charge in [0.15, 0.2) is 5.03 Å². The number of hydrogen-bond acceptors (Lipinski definition) is 5. The van der Waals surface area contributed by atoms with Gasteiger partial charge in [0.25, 0.3) is 0 Å². The van der Waals surface area contributed by atoms with Gasteiger partial charge in [0.1, 0.15) is 0 Å². The molecule has 2 aromatic rings. The van der Waals surface area contributed by atoms with Crippen LogP contribution in [0.15, 0.2) is 38.4 Å². The van der Waals surface area contributed by atoms with Gasteiger partial charge in [-0.15, -0.1) is 24.0 Å². The van der Waals surface area contributed by atoms with Crippen LogP contribution in [0.3, 0.4) is 0 Å². The molecule has 0 atom stereocenters. The first-order chi connectivity index (χ1) is 7.91. The average molecular weight is 285 g/mol. The molecule has 0 N–H and O–H groups in total. The largest absolute Gasteiger partial charge is 0.228 e. The smallest absolute Gasteiger partial charge is 0.225 e. The van der Waals surface area contributed by atoms with E-state index in [9.17, 15) is 8.42 Å². The van der Waals surface area contributed by atoms with Gasteiger partial charge in [-0.1, -0.05) is 17.7 Å². The molecule has 0 fully saturated rings. The van der Waals surface area contributed by atoms with Gasteiger partial charge < -0.3 is 0 Å². The Labute approximate surface area is 110 Å². The molecule has 0 aliphatic rings. The lowest BCUT2D eigenvalue weighted by Crippen LogP contribution is -2.03. The fourth-order valence-corrected chi connectivity index (χ4v) is 4.47. The monoisotopic (exact) mass is 285 g/mol. The van der Waals surface area contributed by atoms with Crippen molar-refractivity contribution in [3.8, 4) is 0 Å². The van der Waals surface area contributed by atoms with Crippen molar-refractivity contribution in [1.29, 1.82) is 0 Å². The highest BCUT2D eigenvalue weighted by atomic mass is 32.2. The second kappa shape index (κ2) is 4.44. The van der Waals surface area contributed by atoms with Gasteiger partial charge in [0, 0.05) is 0 Å². The number of hydrogen-bond donors (Lipinski definition) is 1. The van der Waals surface area contributed by atoms with Crippen molar-refractivity contribution in [2.75, 3.05) is 0 Å². The number of thiol groups is 1. The number of benzene rings is 1. The third kappa shape index (κ3) is 2.38. The fraction of sp³-hybridized carbons (Fsp3) is 0.182. The van der Waals surface area contributed by atoms with Crippen LogP contribution in [-0.2, 0) is 9.84 Å². The number of aromatic nitrogens is 1. The van der Waals surface area contributed by atoms with E-state index in [0.29, 0.717) is 9.22 Å². The average Bonchev–Trinajstić information content (AvgIpc) is 2.59. The SMILES string of the molecule is Cc1ccc(S(=O)(=O)c2nc(C)sc2S)cc1. The minimum absolute atomic E-state index is 0.0483. The van der Waals surface area contributed by atoms with E-state index in [0.717, 1.165) is 5.56 Å².